The van der Waals surface area contributed by atoms with Crippen LogP contribution in [0.5, 0.6) is 0 Å². The molecule has 7 heteroatoms. The largest absolute Gasteiger partial charge is 0.479 e. The number of nitrogens with zero attached hydrogens (tertiary/aromatic N) is 1. The number of nitrogens with one attached hydrogen (secondary N) is 1. The van der Waals surface area contributed by atoms with Crippen molar-refractivity contribution in [2.45, 2.75) is 12.0 Å². The minimum atomic E-state index is -1.16. The number of halogens is 1. The molecule has 1 amide bonds. The second-order valence-electron chi connectivity index (χ2n) is 3.99. The number of carboxylic acids is 1. The first-order chi connectivity index (χ1) is 8.53. The number of rotatable bonds is 3. The van der Waals surface area contributed by atoms with E-state index in [1.165, 1.54) is 11.8 Å². The molecule has 0 saturated carbocycles. The smallest absolute Gasteiger partial charge is 0.330 e. The Morgan fingerprint density at radius 2 is 2.28 bits per heavy atom. The molecule has 2 rings (SSSR count). The summed E-state index contributed by atoms with van der Waals surface area (Å²) < 4.78 is 0.542. The Hall–Kier alpha value is -1.08. The van der Waals surface area contributed by atoms with Crippen molar-refractivity contribution in [3.05, 3.63) is 28.5 Å². The van der Waals surface area contributed by atoms with E-state index in [4.69, 9.17) is 0 Å². The number of carbonyl (C=O) groups is 2. The van der Waals surface area contributed by atoms with Gasteiger partial charge in [0.15, 0.2) is 0 Å². The van der Waals surface area contributed by atoms with Gasteiger partial charge in [0.25, 0.3) is 5.91 Å². The van der Waals surface area contributed by atoms with Gasteiger partial charge in [-0.2, -0.15) is 11.8 Å². The van der Waals surface area contributed by atoms with Crippen molar-refractivity contribution >= 4 is 39.6 Å². The number of aliphatic carboxylic acids is 1. The van der Waals surface area contributed by atoms with Crippen LogP contribution in [0, 0.1) is 0 Å². The molecule has 1 unspecified atom stereocenters. The molecule has 5 nitrogen and oxygen atoms in total. The van der Waals surface area contributed by atoms with Gasteiger partial charge in [0, 0.05) is 5.75 Å². The van der Waals surface area contributed by atoms with Gasteiger partial charge in [0.1, 0.15) is 15.8 Å². The molecule has 1 aromatic heterocycles. The first-order valence-electron chi connectivity index (χ1n) is 5.30. The highest BCUT2D eigenvalue weighted by Crippen LogP contribution is 2.28. The van der Waals surface area contributed by atoms with E-state index in [1.54, 1.807) is 18.2 Å². The van der Waals surface area contributed by atoms with Gasteiger partial charge in [-0.15, -0.1) is 0 Å². The molecule has 1 aromatic rings. The number of carbonyl (C=O) groups excluding carboxylic acids is 1. The summed E-state index contributed by atoms with van der Waals surface area (Å²) in [5.74, 6) is -0.322. The summed E-state index contributed by atoms with van der Waals surface area (Å²) in [7, 11) is 0. The highest BCUT2D eigenvalue weighted by molar-refractivity contribution is 9.10. The molecule has 0 aromatic carbocycles. The Kier molecular flexibility index (Phi) is 3.91. The third-order valence-electron chi connectivity index (χ3n) is 2.73. The Labute approximate surface area is 116 Å². The number of aromatic nitrogens is 1. The molecular formula is C11H11BrN2O3S. The standard InChI is InChI=1S/C11H11BrN2O3S/c12-8-3-1-2-7(13-8)9(15)14-11(10(16)17)4-5-18-6-11/h1-3H,4-6H2,(H,14,15)(H,16,17). The van der Waals surface area contributed by atoms with Crippen LogP contribution in [-0.4, -0.2) is 39.0 Å². The highest BCUT2D eigenvalue weighted by atomic mass is 79.9. The van der Waals surface area contributed by atoms with E-state index in [1.807, 2.05) is 0 Å². The zero-order valence-electron chi connectivity index (χ0n) is 9.35. The molecule has 0 radical (unpaired) electrons. The summed E-state index contributed by atoms with van der Waals surface area (Å²) in [6.45, 7) is 0. The number of hydrogen-bond donors (Lipinski definition) is 2. The molecule has 0 spiro atoms. The Morgan fingerprint density at radius 3 is 2.83 bits per heavy atom. The second kappa shape index (κ2) is 5.27. The minimum Gasteiger partial charge on any atom is -0.479 e. The molecule has 1 fully saturated rings. The van der Waals surface area contributed by atoms with Gasteiger partial charge in [0.05, 0.1) is 0 Å². The molecule has 1 saturated heterocycles. The van der Waals surface area contributed by atoms with Crippen LogP contribution >= 0.6 is 27.7 Å². The topological polar surface area (TPSA) is 79.3 Å². The maximum atomic E-state index is 12.0. The van der Waals surface area contributed by atoms with Crippen molar-refractivity contribution in [3.8, 4) is 0 Å². The summed E-state index contributed by atoms with van der Waals surface area (Å²) >= 11 is 4.70. The summed E-state index contributed by atoms with van der Waals surface area (Å²) in [5.41, 5.74) is -0.951. The van der Waals surface area contributed by atoms with Crippen LogP contribution in [-0.2, 0) is 4.79 Å². The average molecular weight is 331 g/mol. The molecule has 2 heterocycles. The molecule has 96 valence electrons. The van der Waals surface area contributed by atoms with Gasteiger partial charge in [-0.05, 0) is 40.2 Å². The van der Waals surface area contributed by atoms with Crippen molar-refractivity contribution in [1.29, 1.82) is 0 Å². The van der Waals surface area contributed by atoms with Gasteiger partial charge >= 0.3 is 5.97 Å². The SMILES string of the molecule is O=C(NC1(C(=O)O)CCSC1)c1cccc(Br)n1. The zero-order valence-corrected chi connectivity index (χ0v) is 11.8. The van der Waals surface area contributed by atoms with Gasteiger partial charge in [-0.1, -0.05) is 6.07 Å². The van der Waals surface area contributed by atoms with Crippen molar-refractivity contribution in [2.24, 2.45) is 0 Å². The summed E-state index contributed by atoms with van der Waals surface area (Å²) in [6, 6.07) is 4.94. The third-order valence-corrected chi connectivity index (χ3v) is 4.36. The van der Waals surface area contributed by atoms with Crippen molar-refractivity contribution < 1.29 is 14.7 Å². The van der Waals surface area contributed by atoms with Crippen molar-refractivity contribution in [2.75, 3.05) is 11.5 Å². The third kappa shape index (κ3) is 2.67. The molecule has 2 N–H and O–H groups in total. The fourth-order valence-electron chi connectivity index (χ4n) is 1.70. The molecule has 0 aliphatic carbocycles. The van der Waals surface area contributed by atoms with E-state index in [-0.39, 0.29) is 5.69 Å². The Balaban J connectivity index is 2.18. The first-order valence-corrected chi connectivity index (χ1v) is 7.24. The number of carboxylic acid groups (broad SMARTS) is 1. The number of hydrogen-bond acceptors (Lipinski definition) is 4. The van der Waals surface area contributed by atoms with E-state index >= 15 is 0 Å². The van der Waals surface area contributed by atoms with Gasteiger partial charge < -0.3 is 10.4 Å². The molecule has 1 aliphatic rings. The lowest BCUT2D eigenvalue weighted by atomic mass is 9.99. The summed E-state index contributed by atoms with van der Waals surface area (Å²) in [5, 5.41) is 11.8. The Morgan fingerprint density at radius 1 is 1.50 bits per heavy atom. The van der Waals surface area contributed by atoms with Crippen LogP contribution in [0.3, 0.4) is 0 Å². The lowest BCUT2D eigenvalue weighted by Crippen LogP contribution is -2.54. The Bertz CT molecular complexity index is 489. The van der Waals surface area contributed by atoms with Crippen molar-refractivity contribution in [1.82, 2.24) is 10.3 Å². The fourth-order valence-corrected chi connectivity index (χ4v) is 3.37. The van der Waals surface area contributed by atoms with Crippen LogP contribution in [0.15, 0.2) is 22.8 Å². The first kappa shape index (κ1) is 13.4. The lowest BCUT2D eigenvalue weighted by molar-refractivity contribution is -0.143. The van der Waals surface area contributed by atoms with E-state index in [0.717, 1.165) is 5.75 Å². The molecule has 1 atom stereocenters. The van der Waals surface area contributed by atoms with Crippen LogP contribution in [0.4, 0.5) is 0 Å². The quantitative estimate of drug-likeness (QED) is 0.822. The number of thioether (sulfide) groups is 1. The van der Waals surface area contributed by atoms with E-state index < -0.39 is 17.4 Å². The van der Waals surface area contributed by atoms with Crippen LogP contribution in [0.1, 0.15) is 16.9 Å². The predicted molar refractivity (Wildman–Crippen MR) is 71.7 cm³/mol. The molecule has 0 bridgehead atoms. The van der Waals surface area contributed by atoms with Crippen LogP contribution < -0.4 is 5.32 Å². The van der Waals surface area contributed by atoms with E-state index in [9.17, 15) is 14.7 Å². The normalized spacial score (nSPS) is 22.7. The van der Waals surface area contributed by atoms with E-state index in [0.29, 0.717) is 16.8 Å². The number of pyridine rings is 1. The van der Waals surface area contributed by atoms with E-state index in [2.05, 4.69) is 26.2 Å². The van der Waals surface area contributed by atoms with Gasteiger partial charge in [-0.3, -0.25) is 4.79 Å². The maximum absolute atomic E-state index is 12.0. The second-order valence-corrected chi connectivity index (χ2v) is 5.91. The maximum Gasteiger partial charge on any atom is 0.330 e. The fraction of sp³-hybridized carbons (Fsp3) is 0.364. The molecule has 18 heavy (non-hydrogen) atoms. The molecular weight excluding hydrogens is 320 g/mol. The number of amides is 1. The van der Waals surface area contributed by atoms with Crippen LogP contribution in [0.2, 0.25) is 0 Å². The monoisotopic (exact) mass is 330 g/mol. The van der Waals surface area contributed by atoms with Crippen molar-refractivity contribution in [3.63, 3.8) is 0 Å². The average Bonchev–Trinajstić information content (AvgIpc) is 2.79. The van der Waals surface area contributed by atoms with Crippen LogP contribution in [0.25, 0.3) is 0 Å². The minimum absolute atomic E-state index is 0.210. The zero-order chi connectivity index (χ0) is 13.2. The van der Waals surface area contributed by atoms with Gasteiger partial charge in [-0.25, -0.2) is 9.78 Å². The summed E-state index contributed by atoms with van der Waals surface area (Å²) in [6.07, 6.45) is 0.437. The molecule has 1 aliphatic heterocycles. The summed E-state index contributed by atoms with van der Waals surface area (Å²) in [4.78, 5) is 27.3. The predicted octanol–water partition coefficient (Wildman–Crippen LogP) is 1.53. The lowest BCUT2D eigenvalue weighted by Gasteiger charge is -2.24. The highest BCUT2D eigenvalue weighted by Gasteiger charge is 2.43. The van der Waals surface area contributed by atoms with Gasteiger partial charge in [0.2, 0.25) is 0 Å².